The molecular formula is C13H13FN2O2S2. The number of anilines is 1. The van der Waals surface area contributed by atoms with Gasteiger partial charge < -0.3 is 5.73 Å². The molecule has 0 radical (unpaired) electrons. The van der Waals surface area contributed by atoms with Crippen molar-refractivity contribution in [1.82, 2.24) is 4.72 Å². The molecule has 0 unspecified atom stereocenters. The lowest BCUT2D eigenvalue weighted by Crippen LogP contribution is -2.19. The van der Waals surface area contributed by atoms with Crippen LogP contribution in [0.5, 0.6) is 0 Å². The van der Waals surface area contributed by atoms with Gasteiger partial charge in [-0.1, -0.05) is 17.8 Å². The molecule has 0 spiro atoms. The van der Waals surface area contributed by atoms with Crippen molar-refractivity contribution in [2.75, 3.05) is 12.8 Å². The Morgan fingerprint density at radius 3 is 2.45 bits per heavy atom. The van der Waals surface area contributed by atoms with Gasteiger partial charge in [0.2, 0.25) is 10.0 Å². The highest BCUT2D eigenvalue weighted by atomic mass is 32.2. The van der Waals surface area contributed by atoms with Crippen LogP contribution in [0.25, 0.3) is 0 Å². The van der Waals surface area contributed by atoms with E-state index in [9.17, 15) is 12.8 Å². The lowest BCUT2D eigenvalue weighted by atomic mass is 10.3. The molecule has 4 nitrogen and oxygen atoms in total. The van der Waals surface area contributed by atoms with Gasteiger partial charge in [0, 0.05) is 9.79 Å². The number of benzene rings is 2. The van der Waals surface area contributed by atoms with E-state index in [4.69, 9.17) is 5.73 Å². The Morgan fingerprint density at radius 2 is 1.85 bits per heavy atom. The van der Waals surface area contributed by atoms with Gasteiger partial charge in [0.1, 0.15) is 10.7 Å². The minimum atomic E-state index is -3.57. The second-order valence-corrected chi connectivity index (χ2v) is 6.97. The molecule has 20 heavy (non-hydrogen) atoms. The van der Waals surface area contributed by atoms with Crippen molar-refractivity contribution in [1.29, 1.82) is 0 Å². The second-order valence-electron chi connectivity index (χ2n) is 3.97. The summed E-state index contributed by atoms with van der Waals surface area (Å²) in [6, 6.07) is 10.8. The molecule has 0 amide bonds. The van der Waals surface area contributed by atoms with Crippen LogP contribution in [-0.4, -0.2) is 15.5 Å². The first kappa shape index (κ1) is 14.8. The van der Waals surface area contributed by atoms with Gasteiger partial charge in [-0.15, -0.1) is 0 Å². The molecule has 0 heterocycles. The Kier molecular flexibility index (Phi) is 4.32. The summed E-state index contributed by atoms with van der Waals surface area (Å²) >= 11 is 1.31. The SMILES string of the molecule is CNS(=O)(=O)c1ccc(Sc2cccc(F)c2)cc1N. The Hall–Kier alpha value is -1.57. The van der Waals surface area contributed by atoms with Crippen molar-refractivity contribution in [2.24, 2.45) is 0 Å². The maximum Gasteiger partial charge on any atom is 0.242 e. The van der Waals surface area contributed by atoms with E-state index in [2.05, 4.69) is 4.72 Å². The van der Waals surface area contributed by atoms with Gasteiger partial charge in [-0.2, -0.15) is 0 Å². The summed E-state index contributed by atoms with van der Waals surface area (Å²) in [6.07, 6.45) is 0. The zero-order valence-electron chi connectivity index (χ0n) is 10.6. The molecule has 7 heteroatoms. The van der Waals surface area contributed by atoms with Crippen LogP contribution in [0.1, 0.15) is 0 Å². The summed E-state index contributed by atoms with van der Waals surface area (Å²) in [5.74, 6) is -0.322. The van der Waals surface area contributed by atoms with E-state index in [0.29, 0.717) is 4.90 Å². The van der Waals surface area contributed by atoms with Crippen molar-refractivity contribution < 1.29 is 12.8 Å². The predicted molar refractivity (Wildman–Crippen MR) is 77.6 cm³/mol. The van der Waals surface area contributed by atoms with Crippen LogP contribution >= 0.6 is 11.8 Å². The molecule has 0 aliphatic rings. The molecule has 0 bridgehead atoms. The number of sulfonamides is 1. The lowest BCUT2D eigenvalue weighted by molar-refractivity contribution is 0.588. The van der Waals surface area contributed by atoms with E-state index < -0.39 is 10.0 Å². The van der Waals surface area contributed by atoms with E-state index in [0.717, 1.165) is 4.90 Å². The fraction of sp³-hybridized carbons (Fsp3) is 0.0769. The maximum absolute atomic E-state index is 13.1. The normalized spacial score (nSPS) is 11.5. The molecule has 2 aromatic carbocycles. The summed E-state index contributed by atoms with van der Waals surface area (Å²) in [5, 5.41) is 0. The molecule has 2 aromatic rings. The molecule has 0 aromatic heterocycles. The van der Waals surface area contributed by atoms with Crippen LogP contribution in [0.2, 0.25) is 0 Å². The topological polar surface area (TPSA) is 72.2 Å². The minimum Gasteiger partial charge on any atom is -0.398 e. The summed E-state index contributed by atoms with van der Waals surface area (Å²) in [6.45, 7) is 0. The highest BCUT2D eigenvalue weighted by molar-refractivity contribution is 7.99. The van der Waals surface area contributed by atoms with Crippen LogP contribution in [0.3, 0.4) is 0 Å². The Balaban J connectivity index is 2.30. The minimum absolute atomic E-state index is 0.0311. The van der Waals surface area contributed by atoms with Crippen molar-refractivity contribution in [3.8, 4) is 0 Å². The molecular weight excluding hydrogens is 299 g/mol. The lowest BCUT2D eigenvalue weighted by Gasteiger charge is -2.08. The number of nitrogens with two attached hydrogens (primary N) is 1. The first-order valence-corrected chi connectivity index (χ1v) is 7.99. The van der Waals surface area contributed by atoms with E-state index in [-0.39, 0.29) is 16.4 Å². The Morgan fingerprint density at radius 1 is 1.15 bits per heavy atom. The van der Waals surface area contributed by atoms with E-state index in [1.807, 2.05) is 0 Å². The van der Waals surface area contributed by atoms with Crippen LogP contribution in [0.4, 0.5) is 10.1 Å². The molecule has 0 saturated carbocycles. The van der Waals surface area contributed by atoms with Crippen molar-refractivity contribution in [3.63, 3.8) is 0 Å². The van der Waals surface area contributed by atoms with Gasteiger partial charge in [-0.25, -0.2) is 17.5 Å². The van der Waals surface area contributed by atoms with Gasteiger partial charge in [0.05, 0.1) is 5.69 Å². The summed E-state index contributed by atoms with van der Waals surface area (Å²) in [4.78, 5) is 1.49. The summed E-state index contributed by atoms with van der Waals surface area (Å²) in [5.41, 5.74) is 5.91. The molecule has 0 atom stereocenters. The number of nitrogen functional groups attached to an aromatic ring is 1. The largest absolute Gasteiger partial charge is 0.398 e. The van der Waals surface area contributed by atoms with Gasteiger partial charge >= 0.3 is 0 Å². The monoisotopic (exact) mass is 312 g/mol. The Labute approximate surface area is 121 Å². The predicted octanol–water partition coefficient (Wildman–Crippen LogP) is 2.47. The fourth-order valence-corrected chi connectivity index (χ4v) is 3.36. The summed E-state index contributed by atoms with van der Waals surface area (Å²) < 4.78 is 38.7. The number of halogens is 1. The van der Waals surface area contributed by atoms with Gasteiger partial charge in [0.15, 0.2) is 0 Å². The zero-order valence-corrected chi connectivity index (χ0v) is 12.3. The third-order valence-corrected chi connectivity index (χ3v) is 5.04. The zero-order chi connectivity index (χ0) is 14.8. The number of nitrogens with one attached hydrogen (secondary N) is 1. The highest BCUT2D eigenvalue weighted by Gasteiger charge is 2.15. The molecule has 3 N–H and O–H groups in total. The standard InChI is InChI=1S/C13H13FN2O2S2/c1-16-20(17,18)13-6-5-11(8-12(13)15)19-10-4-2-3-9(14)7-10/h2-8,16H,15H2,1H3. The van der Waals surface area contributed by atoms with E-state index in [1.165, 1.54) is 37.0 Å². The Bertz CT molecular complexity index is 733. The average molecular weight is 312 g/mol. The average Bonchev–Trinajstić information content (AvgIpc) is 2.38. The van der Waals surface area contributed by atoms with Crippen LogP contribution < -0.4 is 10.5 Å². The van der Waals surface area contributed by atoms with Crippen molar-refractivity contribution in [2.45, 2.75) is 14.7 Å². The van der Waals surface area contributed by atoms with Crippen LogP contribution in [-0.2, 0) is 10.0 Å². The molecule has 106 valence electrons. The number of rotatable bonds is 4. The second kappa shape index (κ2) is 5.82. The fourth-order valence-electron chi connectivity index (χ4n) is 1.61. The smallest absolute Gasteiger partial charge is 0.242 e. The molecule has 0 fully saturated rings. The maximum atomic E-state index is 13.1. The third-order valence-electron chi connectivity index (χ3n) is 2.57. The summed E-state index contributed by atoms with van der Waals surface area (Å²) in [7, 11) is -2.25. The molecule has 2 rings (SSSR count). The van der Waals surface area contributed by atoms with Crippen molar-refractivity contribution >= 4 is 27.5 Å². The van der Waals surface area contributed by atoms with E-state index >= 15 is 0 Å². The third kappa shape index (κ3) is 3.30. The first-order valence-electron chi connectivity index (χ1n) is 5.69. The van der Waals surface area contributed by atoms with Crippen LogP contribution in [0.15, 0.2) is 57.2 Å². The molecule has 0 aliphatic heterocycles. The van der Waals surface area contributed by atoms with Gasteiger partial charge in [0.25, 0.3) is 0 Å². The molecule has 0 saturated heterocycles. The first-order chi connectivity index (χ1) is 9.42. The molecule has 0 aliphatic carbocycles. The van der Waals surface area contributed by atoms with Crippen LogP contribution in [0, 0.1) is 5.82 Å². The highest BCUT2D eigenvalue weighted by Crippen LogP contribution is 2.31. The number of hydrogen-bond acceptors (Lipinski definition) is 4. The van der Waals surface area contributed by atoms with Crippen molar-refractivity contribution in [3.05, 3.63) is 48.3 Å². The van der Waals surface area contributed by atoms with Gasteiger partial charge in [-0.05, 0) is 43.4 Å². The number of hydrogen-bond donors (Lipinski definition) is 2. The quantitative estimate of drug-likeness (QED) is 0.851. The van der Waals surface area contributed by atoms with E-state index in [1.54, 1.807) is 24.3 Å². The van der Waals surface area contributed by atoms with Gasteiger partial charge in [-0.3, -0.25) is 0 Å².